The fourth-order valence-corrected chi connectivity index (χ4v) is 4.15. The number of aliphatic imine (C=N–C) groups is 1. The van der Waals surface area contributed by atoms with Crippen molar-refractivity contribution in [3.8, 4) is 6.19 Å². The van der Waals surface area contributed by atoms with Crippen LogP contribution in [0.15, 0.2) is 23.2 Å². The summed E-state index contributed by atoms with van der Waals surface area (Å²) in [6.45, 7) is 6.75. The van der Waals surface area contributed by atoms with Gasteiger partial charge in [-0.1, -0.05) is 23.8 Å². The zero-order chi connectivity index (χ0) is 22.2. The molecule has 2 N–H and O–H groups in total. The normalized spacial score (nSPS) is 19.7. The fourth-order valence-electron chi connectivity index (χ4n) is 4.15. The summed E-state index contributed by atoms with van der Waals surface area (Å²) in [6, 6.07) is 5.65. The molecule has 2 fully saturated rings. The lowest BCUT2D eigenvalue weighted by atomic mass is 10.1. The van der Waals surface area contributed by atoms with Crippen molar-refractivity contribution >= 4 is 17.8 Å². The zero-order valence-electron chi connectivity index (χ0n) is 18.5. The summed E-state index contributed by atoms with van der Waals surface area (Å²) in [5.41, 5.74) is 3.39. The van der Waals surface area contributed by atoms with Crippen LogP contribution in [-0.4, -0.2) is 59.8 Å². The third-order valence-corrected chi connectivity index (χ3v) is 5.96. The summed E-state index contributed by atoms with van der Waals surface area (Å²) in [6.07, 6.45) is 6.33. The molecule has 0 aliphatic carbocycles. The molecule has 2 amide bonds. The minimum atomic E-state index is -0.507. The molecule has 2 aliphatic rings. The van der Waals surface area contributed by atoms with Gasteiger partial charge in [-0.05, 0) is 57.1 Å². The van der Waals surface area contributed by atoms with Crippen molar-refractivity contribution < 1.29 is 9.59 Å². The molecule has 3 rings (SSSR count). The molecule has 1 aromatic carbocycles. The average molecular weight is 425 g/mol. The molecule has 1 aromatic rings. The molecule has 0 spiro atoms. The number of nitrogens with zero attached hydrogens (tertiary/aromatic N) is 4. The Bertz CT molecular complexity index is 869. The Morgan fingerprint density at radius 2 is 1.94 bits per heavy atom. The van der Waals surface area contributed by atoms with E-state index in [-0.39, 0.29) is 24.3 Å². The Balaban J connectivity index is 1.66. The maximum Gasteiger partial charge on any atom is 0.245 e. The van der Waals surface area contributed by atoms with Crippen LogP contribution in [0.5, 0.6) is 0 Å². The number of nitrogens with one attached hydrogen (secondary N) is 2. The summed E-state index contributed by atoms with van der Waals surface area (Å²) in [4.78, 5) is 33.7. The van der Waals surface area contributed by atoms with Gasteiger partial charge < -0.3 is 15.1 Å². The number of guanidine groups is 1. The van der Waals surface area contributed by atoms with Gasteiger partial charge >= 0.3 is 0 Å². The number of amides is 2. The molecule has 31 heavy (non-hydrogen) atoms. The summed E-state index contributed by atoms with van der Waals surface area (Å²) in [5.74, 6) is 0.197. The van der Waals surface area contributed by atoms with Crippen LogP contribution in [0.2, 0.25) is 0 Å². The van der Waals surface area contributed by atoms with E-state index in [1.54, 1.807) is 4.90 Å². The summed E-state index contributed by atoms with van der Waals surface area (Å²) in [5, 5.41) is 14.8. The molecular weight excluding hydrogens is 392 g/mol. The number of aryl methyl sites for hydroxylation is 2. The first kappa shape index (κ1) is 22.6. The van der Waals surface area contributed by atoms with Crippen molar-refractivity contribution in [1.82, 2.24) is 20.4 Å². The van der Waals surface area contributed by atoms with E-state index in [1.807, 2.05) is 37.1 Å². The Kier molecular flexibility index (Phi) is 7.88. The van der Waals surface area contributed by atoms with Gasteiger partial charge in [0.15, 0.2) is 6.19 Å². The first-order valence-corrected chi connectivity index (χ1v) is 11.1. The first-order chi connectivity index (χ1) is 15.0. The van der Waals surface area contributed by atoms with Gasteiger partial charge in [-0.25, -0.2) is 4.99 Å². The number of carbonyl (C=O) groups is 2. The van der Waals surface area contributed by atoms with Gasteiger partial charge in [-0.15, -0.1) is 0 Å². The van der Waals surface area contributed by atoms with Gasteiger partial charge in [0.1, 0.15) is 6.04 Å². The Morgan fingerprint density at radius 3 is 2.65 bits per heavy atom. The molecule has 2 aliphatic heterocycles. The molecule has 0 saturated carbocycles. The topological polar surface area (TPSA) is 101 Å². The highest BCUT2D eigenvalue weighted by Crippen LogP contribution is 2.15. The van der Waals surface area contributed by atoms with Gasteiger partial charge in [0, 0.05) is 19.6 Å². The van der Waals surface area contributed by atoms with Crippen LogP contribution < -0.4 is 10.6 Å². The number of nitriles is 1. The van der Waals surface area contributed by atoms with Gasteiger partial charge in [0.05, 0.1) is 13.1 Å². The maximum absolute atomic E-state index is 13.1. The van der Waals surface area contributed by atoms with Gasteiger partial charge in [0.25, 0.3) is 0 Å². The zero-order valence-corrected chi connectivity index (χ0v) is 18.5. The van der Waals surface area contributed by atoms with E-state index < -0.39 is 6.04 Å². The summed E-state index contributed by atoms with van der Waals surface area (Å²) < 4.78 is 0. The molecule has 8 heteroatoms. The predicted octanol–water partition coefficient (Wildman–Crippen LogP) is 1.82. The van der Waals surface area contributed by atoms with Crippen molar-refractivity contribution in [3.63, 3.8) is 0 Å². The number of likely N-dealkylation sites (tertiary alicyclic amines) is 2. The number of hydrogen-bond acceptors (Lipinski definition) is 4. The minimum absolute atomic E-state index is 0.0189. The van der Waals surface area contributed by atoms with Crippen molar-refractivity contribution in [2.75, 3.05) is 26.2 Å². The SMILES string of the molecule is Cc1ccc(CN=C(NC#N)NC2CCCCN(CC(=O)N3CCCC3)C2=O)c(C)c1. The molecule has 2 saturated heterocycles. The standard InChI is InChI=1S/C23H32N6O2/c1-17-8-9-19(18(2)13-17)14-25-23(26-16-24)27-20-7-3-4-12-29(22(20)31)15-21(30)28-10-5-6-11-28/h8-9,13,20H,3-7,10-12,14-15H2,1-2H3,(H2,25,26,27). The summed E-state index contributed by atoms with van der Waals surface area (Å²) in [7, 11) is 0. The third-order valence-electron chi connectivity index (χ3n) is 5.96. The molecule has 0 aromatic heterocycles. The number of rotatable bonds is 5. The number of carbonyl (C=O) groups excluding carboxylic acids is 2. The second-order valence-electron chi connectivity index (χ2n) is 8.37. The van der Waals surface area contributed by atoms with Crippen LogP contribution >= 0.6 is 0 Å². The van der Waals surface area contributed by atoms with Crippen LogP contribution in [0.25, 0.3) is 0 Å². The molecule has 1 atom stereocenters. The molecule has 0 bridgehead atoms. The van der Waals surface area contributed by atoms with Gasteiger partial charge in [0.2, 0.25) is 17.8 Å². The Hall–Kier alpha value is -3.08. The maximum atomic E-state index is 13.1. The largest absolute Gasteiger partial charge is 0.344 e. The lowest BCUT2D eigenvalue weighted by molar-refractivity contribution is -0.140. The van der Waals surface area contributed by atoms with E-state index in [0.717, 1.165) is 49.9 Å². The van der Waals surface area contributed by atoms with Gasteiger partial charge in [-0.3, -0.25) is 14.9 Å². The smallest absolute Gasteiger partial charge is 0.245 e. The average Bonchev–Trinajstić information content (AvgIpc) is 3.23. The fraction of sp³-hybridized carbons (Fsp3) is 0.565. The van der Waals surface area contributed by atoms with E-state index in [1.165, 1.54) is 5.56 Å². The number of benzene rings is 1. The van der Waals surface area contributed by atoms with E-state index in [4.69, 9.17) is 5.26 Å². The molecule has 1 unspecified atom stereocenters. The highest BCUT2D eigenvalue weighted by Gasteiger charge is 2.30. The second kappa shape index (κ2) is 10.8. The molecule has 0 radical (unpaired) electrons. The summed E-state index contributed by atoms with van der Waals surface area (Å²) >= 11 is 0. The van der Waals surface area contributed by atoms with Crippen LogP contribution in [-0.2, 0) is 16.1 Å². The first-order valence-electron chi connectivity index (χ1n) is 11.1. The van der Waals surface area contributed by atoms with Crippen LogP contribution in [0, 0.1) is 25.3 Å². The van der Waals surface area contributed by atoms with E-state index >= 15 is 0 Å². The molecule has 166 valence electrons. The van der Waals surface area contributed by atoms with Crippen molar-refractivity contribution in [1.29, 1.82) is 5.26 Å². The van der Waals surface area contributed by atoms with Gasteiger partial charge in [-0.2, -0.15) is 5.26 Å². The van der Waals surface area contributed by atoms with Crippen LogP contribution in [0.1, 0.15) is 48.8 Å². The van der Waals surface area contributed by atoms with E-state index in [9.17, 15) is 9.59 Å². The molecule has 2 heterocycles. The Morgan fingerprint density at radius 1 is 1.19 bits per heavy atom. The van der Waals surface area contributed by atoms with E-state index in [0.29, 0.717) is 19.5 Å². The van der Waals surface area contributed by atoms with Crippen molar-refractivity contribution in [2.24, 2.45) is 4.99 Å². The lowest BCUT2D eigenvalue weighted by Gasteiger charge is -2.27. The van der Waals surface area contributed by atoms with Crippen molar-refractivity contribution in [3.05, 3.63) is 34.9 Å². The predicted molar refractivity (Wildman–Crippen MR) is 119 cm³/mol. The highest BCUT2D eigenvalue weighted by atomic mass is 16.2. The quantitative estimate of drug-likeness (QED) is 0.325. The number of hydrogen-bond donors (Lipinski definition) is 2. The molecular formula is C23H32N6O2. The van der Waals surface area contributed by atoms with Crippen molar-refractivity contribution in [2.45, 2.75) is 58.5 Å². The van der Waals surface area contributed by atoms with E-state index in [2.05, 4.69) is 21.7 Å². The molecule has 8 nitrogen and oxygen atoms in total. The minimum Gasteiger partial charge on any atom is -0.344 e. The lowest BCUT2D eigenvalue weighted by Crippen LogP contribution is -2.52. The van der Waals surface area contributed by atoms with Crippen LogP contribution in [0.4, 0.5) is 0 Å². The monoisotopic (exact) mass is 424 g/mol. The van der Waals surface area contributed by atoms with Crippen LogP contribution in [0.3, 0.4) is 0 Å². The third kappa shape index (κ3) is 6.20. The Labute approximate surface area is 184 Å². The second-order valence-corrected chi connectivity index (χ2v) is 8.37. The highest BCUT2D eigenvalue weighted by molar-refractivity contribution is 5.92.